The quantitative estimate of drug-likeness (QED) is 0.246. The molecule has 0 bridgehead atoms. The monoisotopic (exact) mass is 700 g/mol. The number of fused-ring (bicyclic) bond motifs is 5. The van der Waals surface area contributed by atoms with Gasteiger partial charge < -0.3 is 24.8 Å². The van der Waals surface area contributed by atoms with Crippen LogP contribution in [0.1, 0.15) is 40.6 Å². The summed E-state index contributed by atoms with van der Waals surface area (Å²) in [5.74, 6) is 0. The minimum atomic E-state index is -2.52. The van der Waals surface area contributed by atoms with E-state index in [-0.39, 0.29) is 24.8 Å². The van der Waals surface area contributed by atoms with E-state index < -0.39 is 25.8 Å². The second-order valence-electron chi connectivity index (χ2n) is 11.7. The molecule has 0 heterocycles. The second-order valence-corrected chi connectivity index (χ2v) is 27.6. The molecule has 0 nitrogen and oxygen atoms in total. The van der Waals surface area contributed by atoms with Gasteiger partial charge >= 0.3 is 258 Å². The van der Waals surface area contributed by atoms with Gasteiger partial charge in [0.05, 0.1) is 0 Å². The van der Waals surface area contributed by atoms with E-state index in [1.807, 2.05) is 0 Å². The normalized spacial score (nSPS) is 14.9. The van der Waals surface area contributed by atoms with Crippen LogP contribution in [-0.2, 0) is 20.4 Å². The molecular formula is C40H32Cl2SiZr. The molecule has 1 atom stereocenters. The molecule has 0 N–H and O–H groups in total. The summed E-state index contributed by atoms with van der Waals surface area (Å²) in [4.78, 5) is 0. The Kier molecular flexibility index (Phi) is 9.00. The van der Waals surface area contributed by atoms with Gasteiger partial charge in [-0.25, -0.2) is 0 Å². The van der Waals surface area contributed by atoms with E-state index >= 15 is 0 Å². The van der Waals surface area contributed by atoms with Crippen molar-refractivity contribution in [1.29, 1.82) is 0 Å². The maximum Gasteiger partial charge on any atom is -1.00 e. The molecule has 1 unspecified atom stereocenters. The molecule has 44 heavy (non-hydrogen) atoms. The average Bonchev–Trinajstić information content (AvgIpc) is 3.58. The van der Waals surface area contributed by atoms with Crippen molar-refractivity contribution in [1.82, 2.24) is 0 Å². The molecule has 0 amide bonds. The summed E-state index contributed by atoms with van der Waals surface area (Å²) in [6.07, 6.45) is 2.56. The van der Waals surface area contributed by atoms with Crippen molar-refractivity contribution in [2.45, 2.75) is 20.7 Å². The van der Waals surface area contributed by atoms with Gasteiger partial charge in [-0.05, 0) is 0 Å². The Morgan fingerprint density at radius 1 is 0.545 bits per heavy atom. The second kappa shape index (κ2) is 12.8. The fourth-order valence-corrected chi connectivity index (χ4v) is 29.8. The Morgan fingerprint density at radius 3 is 1.82 bits per heavy atom. The first-order valence-corrected chi connectivity index (χ1v) is 23.5. The summed E-state index contributed by atoms with van der Waals surface area (Å²) in [5, 5.41) is 4.32. The molecule has 0 aliphatic heterocycles. The van der Waals surface area contributed by atoms with Gasteiger partial charge in [-0.3, -0.25) is 0 Å². The zero-order valence-corrected chi connectivity index (χ0v) is 29.7. The molecule has 214 valence electrons. The topological polar surface area (TPSA) is 0 Å². The number of aryl methyl sites for hydroxylation is 1. The first kappa shape index (κ1) is 31.0. The van der Waals surface area contributed by atoms with Gasteiger partial charge in [0.2, 0.25) is 0 Å². The predicted molar refractivity (Wildman–Crippen MR) is 177 cm³/mol. The molecule has 0 fully saturated rings. The van der Waals surface area contributed by atoms with Crippen molar-refractivity contribution < 1.29 is 45.2 Å². The summed E-state index contributed by atoms with van der Waals surface area (Å²) < 4.78 is 1.01. The number of hydrogen-bond donors (Lipinski definition) is 0. The van der Waals surface area contributed by atoms with Gasteiger partial charge in [0, 0.05) is 0 Å². The minimum Gasteiger partial charge on any atom is -1.00 e. The van der Waals surface area contributed by atoms with Crippen molar-refractivity contribution in [3.63, 3.8) is 0 Å². The Bertz CT molecular complexity index is 2030. The predicted octanol–water partition coefficient (Wildman–Crippen LogP) is 3.67. The molecule has 0 saturated heterocycles. The van der Waals surface area contributed by atoms with Crippen molar-refractivity contribution in [2.24, 2.45) is 0 Å². The number of rotatable bonds is 4. The van der Waals surface area contributed by atoms with Crippen LogP contribution in [-0.4, -0.2) is 5.43 Å². The molecule has 8 rings (SSSR count). The minimum absolute atomic E-state index is 0. The molecule has 0 aromatic heterocycles. The SMILES string of the molecule is Cc1cc(C2=Cc3ccccc3[CH]2/[Zr+2]([CH]2c3ccccc3-c3ccccc32)=[Si](\C)c2ccccc2)c2ccccc2c1.[Cl-].[Cl-]. The molecule has 0 radical (unpaired) electrons. The van der Waals surface area contributed by atoms with E-state index in [0.29, 0.717) is 7.25 Å². The van der Waals surface area contributed by atoms with Crippen molar-refractivity contribution in [3.05, 3.63) is 173 Å². The van der Waals surface area contributed by atoms with Gasteiger partial charge in [-0.2, -0.15) is 0 Å². The maximum absolute atomic E-state index is 2.66. The number of halogens is 2. The summed E-state index contributed by atoms with van der Waals surface area (Å²) in [7, 11) is 0. The third-order valence-corrected chi connectivity index (χ3v) is 29.5. The van der Waals surface area contributed by atoms with Crippen LogP contribution in [0, 0.1) is 6.92 Å². The molecule has 0 saturated carbocycles. The van der Waals surface area contributed by atoms with E-state index in [1.165, 1.54) is 38.6 Å². The van der Waals surface area contributed by atoms with Gasteiger partial charge in [0.25, 0.3) is 0 Å². The average molecular weight is 703 g/mol. The van der Waals surface area contributed by atoms with Gasteiger partial charge in [0.15, 0.2) is 0 Å². The van der Waals surface area contributed by atoms with Crippen LogP contribution >= 0.6 is 0 Å². The molecule has 6 aromatic carbocycles. The summed E-state index contributed by atoms with van der Waals surface area (Å²) >= 11 is -2.52. The van der Waals surface area contributed by atoms with E-state index in [2.05, 4.69) is 159 Å². The van der Waals surface area contributed by atoms with Crippen LogP contribution in [0.5, 0.6) is 0 Å². The Balaban J connectivity index is 0.00000171. The molecule has 2 aliphatic rings. The Morgan fingerprint density at radius 2 is 1.11 bits per heavy atom. The number of allylic oxidation sites excluding steroid dienone is 1. The maximum atomic E-state index is 2.66. The zero-order chi connectivity index (χ0) is 28.2. The third kappa shape index (κ3) is 5.11. The molecule has 2 aliphatic carbocycles. The van der Waals surface area contributed by atoms with E-state index in [4.69, 9.17) is 0 Å². The first-order chi connectivity index (χ1) is 20.7. The first-order valence-electron chi connectivity index (χ1n) is 14.9. The van der Waals surface area contributed by atoms with Crippen molar-refractivity contribution in [2.75, 3.05) is 0 Å². The number of benzene rings is 6. The van der Waals surface area contributed by atoms with Gasteiger partial charge in [-0.15, -0.1) is 0 Å². The van der Waals surface area contributed by atoms with Crippen molar-refractivity contribution >= 4 is 33.0 Å². The summed E-state index contributed by atoms with van der Waals surface area (Å²) in [6, 6.07) is 53.3. The fourth-order valence-electron chi connectivity index (χ4n) is 7.54. The van der Waals surface area contributed by atoms with Crippen LogP contribution in [0.3, 0.4) is 0 Å². The largest absolute Gasteiger partial charge is 1.00 e. The van der Waals surface area contributed by atoms with E-state index in [9.17, 15) is 0 Å². The zero-order valence-electron chi connectivity index (χ0n) is 24.8. The van der Waals surface area contributed by atoms with Gasteiger partial charge in [-0.1, -0.05) is 0 Å². The van der Waals surface area contributed by atoms with E-state index in [0.717, 1.165) is 0 Å². The third-order valence-electron chi connectivity index (χ3n) is 9.34. The summed E-state index contributed by atoms with van der Waals surface area (Å²) in [5.41, 5.74) is 12.5. The van der Waals surface area contributed by atoms with Crippen LogP contribution < -0.4 is 30.0 Å². The van der Waals surface area contributed by atoms with Crippen LogP contribution in [0.15, 0.2) is 140 Å². The van der Waals surface area contributed by atoms with Crippen molar-refractivity contribution in [3.8, 4) is 11.1 Å². The van der Waals surface area contributed by atoms with Crippen LogP contribution in [0.2, 0.25) is 6.55 Å². The van der Waals surface area contributed by atoms with Crippen LogP contribution in [0.4, 0.5) is 0 Å². The van der Waals surface area contributed by atoms with Crippen LogP contribution in [0.25, 0.3) is 33.5 Å². The standard InChI is InChI=1S/C20H15.C13H9.C7H8Si.2ClH.Zr/c1-14-10-17-8-4-5-9-19(17)20(11-14)18-12-15-6-2-3-7-16(15)13-18;1-3-7-12-10(5-1)9-11-6-2-4-8-13(11)12;1-8-7-5-3-2-4-6-7;;;/h2-13H,1H3;1-9H;2-6H,1H3;2*1H;/q;;;;;+2/p-2. The Hall–Kier alpha value is -3.00. The molecule has 0 spiro atoms. The van der Waals surface area contributed by atoms with E-state index in [1.54, 1.807) is 27.5 Å². The molecule has 6 aromatic rings. The molecule has 4 heteroatoms. The fraction of sp³-hybridized carbons (Fsp3) is 0.100. The van der Waals surface area contributed by atoms with Gasteiger partial charge in [0.1, 0.15) is 0 Å². The summed E-state index contributed by atoms with van der Waals surface area (Å²) in [6.45, 7) is 4.92. The molecular weight excluding hydrogens is 671 g/mol. The smallest absolute Gasteiger partial charge is 1.00 e. The Labute approximate surface area is 280 Å². The number of hydrogen-bond acceptors (Lipinski definition) is 0.